The van der Waals surface area contributed by atoms with E-state index in [0.29, 0.717) is 35.7 Å². The van der Waals surface area contributed by atoms with Crippen molar-refractivity contribution >= 4 is 11.8 Å². The lowest BCUT2D eigenvalue weighted by atomic mass is 9.45. The number of ketones is 1. The summed E-state index contributed by atoms with van der Waals surface area (Å²) in [5.74, 6) is 1.77. The molecule has 1 N–H and O–H groups in total. The molecule has 4 rings (SSSR count). The van der Waals surface area contributed by atoms with Gasteiger partial charge in [0.15, 0.2) is 5.78 Å². The highest BCUT2D eigenvalue weighted by Crippen LogP contribution is 2.68. The Bertz CT molecular complexity index is 760. The summed E-state index contributed by atoms with van der Waals surface area (Å²) < 4.78 is 0. The van der Waals surface area contributed by atoms with E-state index >= 15 is 0 Å². The number of fused-ring (bicyclic) bond motifs is 5. The minimum Gasteiger partial charge on any atom is -0.481 e. The van der Waals surface area contributed by atoms with E-state index in [1.807, 2.05) is 6.08 Å². The Morgan fingerprint density at radius 3 is 2.63 bits per heavy atom. The summed E-state index contributed by atoms with van der Waals surface area (Å²) in [5, 5.41) is 9.13. The lowest BCUT2D eigenvalue weighted by molar-refractivity contribution is -0.137. The summed E-state index contributed by atoms with van der Waals surface area (Å²) in [5.41, 5.74) is 2.98. The van der Waals surface area contributed by atoms with Gasteiger partial charge < -0.3 is 5.11 Å². The van der Waals surface area contributed by atoms with Crippen LogP contribution in [-0.2, 0) is 9.59 Å². The highest BCUT2D eigenvalue weighted by molar-refractivity contribution is 6.09. The summed E-state index contributed by atoms with van der Waals surface area (Å²) in [6.07, 6.45) is 9.82. The highest BCUT2D eigenvalue weighted by Gasteiger charge is 2.59. The normalized spacial score (nSPS) is 43.6. The predicted molar refractivity (Wildman–Crippen MR) is 106 cm³/mol. The van der Waals surface area contributed by atoms with Crippen LogP contribution in [0.15, 0.2) is 36.0 Å². The van der Waals surface area contributed by atoms with Crippen LogP contribution in [0.25, 0.3) is 0 Å². The zero-order chi connectivity index (χ0) is 19.6. The molecule has 0 spiro atoms. The molecule has 146 valence electrons. The first kappa shape index (κ1) is 18.7. The molecule has 0 saturated heterocycles. The van der Waals surface area contributed by atoms with Gasteiger partial charge in [0.1, 0.15) is 0 Å². The van der Waals surface area contributed by atoms with E-state index in [1.165, 1.54) is 24.8 Å². The molecule has 6 atom stereocenters. The molecule has 3 nitrogen and oxygen atoms in total. The maximum absolute atomic E-state index is 12.3. The highest BCUT2D eigenvalue weighted by atomic mass is 16.4. The fraction of sp³-hybridized carbons (Fsp3) is 0.667. The van der Waals surface area contributed by atoms with Gasteiger partial charge in [0.05, 0.1) is 0 Å². The zero-order valence-corrected chi connectivity index (χ0v) is 16.7. The maximum atomic E-state index is 12.3. The van der Waals surface area contributed by atoms with Crippen LogP contribution < -0.4 is 0 Å². The van der Waals surface area contributed by atoms with Gasteiger partial charge in [-0.15, -0.1) is 0 Å². The molecule has 0 heterocycles. The average Bonchev–Trinajstić information content (AvgIpc) is 2.96. The van der Waals surface area contributed by atoms with Crippen molar-refractivity contribution in [2.45, 2.75) is 65.2 Å². The van der Waals surface area contributed by atoms with Gasteiger partial charge in [0.2, 0.25) is 0 Å². The Kier molecular flexibility index (Phi) is 4.29. The molecule has 3 heteroatoms. The molecule has 3 saturated carbocycles. The van der Waals surface area contributed by atoms with E-state index in [1.54, 1.807) is 0 Å². The number of carbonyl (C=O) groups excluding carboxylic acids is 1. The first-order valence-corrected chi connectivity index (χ1v) is 10.6. The first-order valence-electron chi connectivity index (χ1n) is 10.6. The molecule has 0 aromatic carbocycles. The van der Waals surface area contributed by atoms with Gasteiger partial charge in [-0.05, 0) is 85.7 Å². The smallest absolute Gasteiger partial charge is 0.303 e. The van der Waals surface area contributed by atoms with Crippen LogP contribution >= 0.6 is 0 Å². The van der Waals surface area contributed by atoms with E-state index in [4.69, 9.17) is 5.11 Å². The van der Waals surface area contributed by atoms with Crippen LogP contribution in [0, 0.1) is 34.5 Å². The number of carboxylic acid groups (broad SMARTS) is 1. The fourth-order valence-electron chi connectivity index (χ4n) is 7.45. The van der Waals surface area contributed by atoms with Crippen molar-refractivity contribution < 1.29 is 14.7 Å². The Balaban J connectivity index is 1.64. The van der Waals surface area contributed by atoms with Crippen LogP contribution in [-0.4, -0.2) is 16.9 Å². The van der Waals surface area contributed by atoms with Crippen LogP contribution in [0.1, 0.15) is 65.2 Å². The third kappa shape index (κ3) is 2.53. The van der Waals surface area contributed by atoms with Crippen molar-refractivity contribution in [3.63, 3.8) is 0 Å². The average molecular weight is 369 g/mol. The quantitative estimate of drug-likeness (QED) is 0.685. The summed E-state index contributed by atoms with van der Waals surface area (Å²) in [4.78, 5) is 23.4. The maximum Gasteiger partial charge on any atom is 0.303 e. The molecule has 0 unspecified atom stereocenters. The second-order valence-corrected chi connectivity index (χ2v) is 9.86. The molecule has 0 aromatic rings. The third-order valence-corrected chi connectivity index (χ3v) is 9.09. The van der Waals surface area contributed by atoms with Crippen molar-refractivity contribution in [2.75, 3.05) is 0 Å². The summed E-state index contributed by atoms with van der Waals surface area (Å²) >= 11 is 0. The number of carbonyl (C=O) groups is 2. The van der Waals surface area contributed by atoms with Gasteiger partial charge in [0.25, 0.3) is 0 Å². The van der Waals surface area contributed by atoms with E-state index < -0.39 is 5.97 Å². The van der Waals surface area contributed by atoms with Gasteiger partial charge in [-0.3, -0.25) is 9.59 Å². The van der Waals surface area contributed by atoms with Crippen LogP contribution in [0.4, 0.5) is 0 Å². The molecule has 0 aliphatic heterocycles. The third-order valence-electron chi connectivity index (χ3n) is 9.09. The van der Waals surface area contributed by atoms with Gasteiger partial charge in [-0.2, -0.15) is 0 Å². The number of hydrogen-bond donors (Lipinski definition) is 1. The molecule has 3 fully saturated rings. The lowest BCUT2D eigenvalue weighted by Gasteiger charge is -2.58. The largest absolute Gasteiger partial charge is 0.481 e. The molecular weight excluding hydrogens is 336 g/mol. The molecular formula is C24H32O3. The Hall–Kier alpha value is -1.64. The molecule has 0 radical (unpaired) electrons. The first-order chi connectivity index (χ1) is 12.7. The standard InChI is InChI=1S/C24H32O3/c1-14-15(2)24(4)17(13-21(14)25)5-8-18-19-9-6-16(7-10-22(26)27)23(19,3)12-11-20(18)24/h13,16,18-20H,1-2,5-12H2,3-4H3,(H,26,27)/t16-,18-,19-,20-,23+,24-/m0/s1. The van der Waals surface area contributed by atoms with Gasteiger partial charge >= 0.3 is 5.97 Å². The number of allylic oxidation sites excluding steroid dienone is 3. The minimum absolute atomic E-state index is 0.0428. The topological polar surface area (TPSA) is 54.4 Å². The van der Waals surface area contributed by atoms with Crippen LogP contribution in [0.2, 0.25) is 0 Å². The summed E-state index contributed by atoms with van der Waals surface area (Å²) in [7, 11) is 0. The number of rotatable bonds is 3. The van der Waals surface area contributed by atoms with Crippen molar-refractivity contribution in [2.24, 2.45) is 34.5 Å². The molecule has 4 aliphatic carbocycles. The molecule has 0 amide bonds. The SMILES string of the molecule is C=C1C(=C)[C@@]2(C)C(=CC1=O)CC[C@@H]1[C@@H]2CC[C@]2(C)[C@H](CCC(=O)O)CC[C@@H]12. The lowest BCUT2D eigenvalue weighted by Crippen LogP contribution is -2.51. The van der Waals surface area contributed by atoms with Crippen LogP contribution in [0.5, 0.6) is 0 Å². The van der Waals surface area contributed by atoms with Crippen LogP contribution in [0.3, 0.4) is 0 Å². The van der Waals surface area contributed by atoms with E-state index in [0.717, 1.165) is 31.3 Å². The van der Waals surface area contributed by atoms with Gasteiger partial charge in [-0.25, -0.2) is 0 Å². The van der Waals surface area contributed by atoms with Crippen molar-refractivity contribution in [3.05, 3.63) is 36.0 Å². The van der Waals surface area contributed by atoms with E-state index in [-0.39, 0.29) is 16.6 Å². The molecule has 4 aliphatic rings. The predicted octanol–water partition coefficient (Wildman–Crippen LogP) is 5.33. The number of carboxylic acids is 1. The Morgan fingerprint density at radius 1 is 1.19 bits per heavy atom. The second-order valence-electron chi connectivity index (χ2n) is 9.86. The van der Waals surface area contributed by atoms with E-state index in [2.05, 4.69) is 27.0 Å². The van der Waals surface area contributed by atoms with Gasteiger partial charge in [-0.1, -0.05) is 32.6 Å². The Labute approximate surface area is 162 Å². The molecule has 27 heavy (non-hydrogen) atoms. The number of hydrogen-bond acceptors (Lipinski definition) is 2. The summed E-state index contributed by atoms with van der Waals surface area (Å²) in [6, 6.07) is 0. The minimum atomic E-state index is -0.669. The molecule has 0 aromatic heterocycles. The van der Waals surface area contributed by atoms with Crippen molar-refractivity contribution in [1.29, 1.82) is 0 Å². The van der Waals surface area contributed by atoms with E-state index in [9.17, 15) is 9.59 Å². The zero-order valence-electron chi connectivity index (χ0n) is 16.7. The van der Waals surface area contributed by atoms with Crippen molar-refractivity contribution in [1.82, 2.24) is 0 Å². The number of aliphatic carboxylic acids is 1. The second kappa shape index (κ2) is 6.18. The summed E-state index contributed by atoms with van der Waals surface area (Å²) in [6.45, 7) is 13.1. The molecule has 0 bridgehead atoms. The van der Waals surface area contributed by atoms with Gasteiger partial charge in [0, 0.05) is 17.4 Å². The van der Waals surface area contributed by atoms with Crippen molar-refractivity contribution in [3.8, 4) is 0 Å². The monoisotopic (exact) mass is 368 g/mol. The Morgan fingerprint density at radius 2 is 1.93 bits per heavy atom. The fourth-order valence-corrected chi connectivity index (χ4v) is 7.45.